The Kier molecular flexibility index (Phi) is 4.01. The smallest absolute Gasteiger partial charge is 0.232 e. The highest BCUT2D eigenvalue weighted by atomic mass is 16.5. The maximum Gasteiger partial charge on any atom is 0.232 e. The van der Waals surface area contributed by atoms with E-state index in [0.717, 1.165) is 17.7 Å². The van der Waals surface area contributed by atoms with Crippen LogP contribution in [0.1, 0.15) is 30.7 Å². The predicted molar refractivity (Wildman–Crippen MR) is 93.1 cm³/mol. The zero-order chi connectivity index (χ0) is 17.2. The van der Waals surface area contributed by atoms with Crippen LogP contribution in [0.25, 0.3) is 11.4 Å². The second kappa shape index (κ2) is 6.47. The fourth-order valence-corrected chi connectivity index (χ4v) is 3.05. The lowest BCUT2D eigenvalue weighted by molar-refractivity contribution is -0.117. The van der Waals surface area contributed by atoms with Gasteiger partial charge in [-0.1, -0.05) is 24.2 Å². The molecular weight excluding hydrogens is 316 g/mol. The maximum absolute atomic E-state index is 12.4. The van der Waals surface area contributed by atoms with Gasteiger partial charge in [-0.05, 0) is 36.2 Å². The first-order valence-electron chi connectivity index (χ1n) is 8.38. The second-order valence-corrected chi connectivity index (χ2v) is 6.12. The van der Waals surface area contributed by atoms with Crippen molar-refractivity contribution in [2.45, 2.75) is 25.7 Å². The van der Waals surface area contributed by atoms with Gasteiger partial charge in [-0.25, -0.2) is 0 Å². The number of rotatable bonds is 4. The van der Waals surface area contributed by atoms with Crippen LogP contribution in [0.2, 0.25) is 0 Å². The van der Waals surface area contributed by atoms with Gasteiger partial charge in [0.1, 0.15) is 0 Å². The third kappa shape index (κ3) is 3.03. The first kappa shape index (κ1) is 15.5. The summed E-state index contributed by atoms with van der Waals surface area (Å²) in [5.74, 6) is 0.993. The molecule has 6 nitrogen and oxygen atoms in total. The third-order valence-electron chi connectivity index (χ3n) is 4.49. The number of aromatic nitrogens is 3. The summed E-state index contributed by atoms with van der Waals surface area (Å²) in [6.45, 7) is 2.67. The van der Waals surface area contributed by atoms with E-state index in [-0.39, 0.29) is 11.8 Å². The molecule has 1 aliphatic heterocycles. The first-order chi connectivity index (χ1) is 12.2. The Morgan fingerprint density at radius 2 is 2.08 bits per heavy atom. The van der Waals surface area contributed by atoms with Gasteiger partial charge in [0.15, 0.2) is 0 Å². The van der Waals surface area contributed by atoms with E-state index in [0.29, 0.717) is 24.7 Å². The van der Waals surface area contributed by atoms with E-state index in [9.17, 15) is 4.79 Å². The number of pyridine rings is 1. The van der Waals surface area contributed by atoms with Crippen molar-refractivity contribution in [2.75, 3.05) is 11.4 Å². The average molecular weight is 334 g/mol. The number of anilines is 1. The summed E-state index contributed by atoms with van der Waals surface area (Å²) in [5, 5.41) is 4.02. The van der Waals surface area contributed by atoms with Crippen molar-refractivity contribution in [3.63, 3.8) is 0 Å². The molecule has 0 bridgehead atoms. The molecule has 0 saturated carbocycles. The van der Waals surface area contributed by atoms with Gasteiger partial charge in [0.05, 0.1) is 5.92 Å². The van der Waals surface area contributed by atoms with Crippen LogP contribution in [0.5, 0.6) is 0 Å². The highest BCUT2D eigenvalue weighted by Crippen LogP contribution is 2.32. The summed E-state index contributed by atoms with van der Waals surface area (Å²) in [4.78, 5) is 22.7. The predicted octanol–water partition coefficient (Wildman–Crippen LogP) is 3.21. The van der Waals surface area contributed by atoms with Crippen LogP contribution in [-0.4, -0.2) is 27.6 Å². The van der Waals surface area contributed by atoms with Crippen molar-refractivity contribution in [3.8, 4) is 11.4 Å². The molecule has 1 aromatic carbocycles. The third-order valence-corrected chi connectivity index (χ3v) is 4.49. The van der Waals surface area contributed by atoms with E-state index in [1.54, 1.807) is 17.3 Å². The number of benzene rings is 1. The molecule has 2 aromatic heterocycles. The summed E-state index contributed by atoms with van der Waals surface area (Å²) in [7, 11) is 0. The Balaban J connectivity index is 1.53. The van der Waals surface area contributed by atoms with Gasteiger partial charge in [-0.3, -0.25) is 9.78 Å². The number of carbonyl (C=O) groups excluding carboxylic acids is 1. The number of amides is 1. The van der Waals surface area contributed by atoms with E-state index in [4.69, 9.17) is 4.52 Å². The largest absolute Gasteiger partial charge is 0.339 e. The molecule has 6 heteroatoms. The van der Waals surface area contributed by atoms with E-state index in [1.807, 2.05) is 24.3 Å². The average Bonchev–Trinajstić information content (AvgIpc) is 3.29. The Morgan fingerprint density at radius 3 is 2.80 bits per heavy atom. The van der Waals surface area contributed by atoms with Crippen molar-refractivity contribution in [1.82, 2.24) is 15.1 Å². The van der Waals surface area contributed by atoms with Gasteiger partial charge in [0.2, 0.25) is 17.6 Å². The molecular formula is C19H18N4O2. The number of nitrogens with zero attached hydrogens (tertiary/aromatic N) is 4. The van der Waals surface area contributed by atoms with Gasteiger partial charge in [0, 0.05) is 36.6 Å². The molecule has 4 rings (SSSR count). The number of hydrogen-bond acceptors (Lipinski definition) is 5. The maximum atomic E-state index is 12.4. The van der Waals surface area contributed by atoms with Crippen LogP contribution in [0, 0.1) is 0 Å². The molecule has 0 N–H and O–H groups in total. The van der Waals surface area contributed by atoms with Crippen molar-refractivity contribution >= 4 is 11.6 Å². The lowest BCUT2D eigenvalue weighted by Crippen LogP contribution is -2.24. The minimum Gasteiger partial charge on any atom is -0.339 e. The minimum absolute atomic E-state index is 0.0791. The standard InChI is InChI=1S/C19H18N4O2/c1-2-13-5-7-16(8-6-13)23-12-15(10-17(23)24)19-21-18(22-25-19)14-4-3-9-20-11-14/h3-9,11,15H,2,10,12H2,1H3. The lowest BCUT2D eigenvalue weighted by atomic mass is 10.1. The zero-order valence-electron chi connectivity index (χ0n) is 13.9. The van der Waals surface area contributed by atoms with Gasteiger partial charge < -0.3 is 9.42 Å². The Hall–Kier alpha value is -3.02. The van der Waals surface area contributed by atoms with Crippen LogP contribution < -0.4 is 4.90 Å². The fraction of sp³-hybridized carbons (Fsp3) is 0.263. The highest BCUT2D eigenvalue weighted by Gasteiger charge is 2.35. The second-order valence-electron chi connectivity index (χ2n) is 6.12. The van der Waals surface area contributed by atoms with Crippen molar-refractivity contribution in [1.29, 1.82) is 0 Å². The summed E-state index contributed by atoms with van der Waals surface area (Å²) in [6.07, 6.45) is 4.75. The van der Waals surface area contributed by atoms with Crippen LogP contribution in [0.3, 0.4) is 0 Å². The van der Waals surface area contributed by atoms with Crippen molar-refractivity contribution < 1.29 is 9.32 Å². The van der Waals surface area contributed by atoms with Crippen LogP contribution in [0.4, 0.5) is 5.69 Å². The normalized spacial score (nSPS) is 17.2. The molecule has 25 heavy (non-hydrogen) atoms. The van der Waals surface area contributed by atoms with Crippen molar-refractivity contribution in [3.05, 3.63) is 60.2 Å². The number of carbonyl (C=O) groups is 1. The molecule has 1 saturated heterocycles. The molecule has 0 spiro atoms. The molecule has 3 aromatic rings. The lowest BCUT2D eigenvalue weighted by Gasteiger charge is -2.16. The van der Waals surface area contributed by atoms with Crippen LogP contribution >= 0.6 is 0 Å². The number of aryl methyl sites for hydroxylation is 1. The summed E-state index contributed by atoms with van der Waals surface area (Å²) in [6, 6.07) is 11.8. The molecule has 0 radical (unpaired) electrons. The molecule has 1 unspecified atom stereocenters. The van der Waals surface area contributed by atoms with E-state index >= 15 is 0 Å². The van der Waals surface area contributed by atoms with E-state index in [1.165, 1.54) is 5.56 Å². The Labute approximate surface area is 145 Å². The van der Waals surface area contributed by atoms with Gasteiger partial charge >= 0.3 is 0 Å². The molecule has 3 heterocycles. The van der Waals surface area contributed by atoms with Gasteiger partial charge in [-0.15, -0.1) is 0 Å². The molecule has 1 fully saturated rings. The quantitative estimate of drug-likeness (QED) is 0.732. The van der Waals surface area contributed by atoms with Crippen molar-refractivity contribution in [2.24, 2.45) is 0 Å². The van der Waals surface area contributed by atoms with Gasteiger partial charge in [-0.2, -0.15) is 4.98 Å². The molecule has 0 aliphatic carbocycles. The van der Waals surface area contributed by atoms with Gasteiger partial charge in [0.25, 0.3) is 0 Å². The SMILES string of the molecule is CCc1ccc(N2CC(c3nc(-c4cccnc4)no3)CC2=O)cc1. The van der Waals surface area contributed by atoms with Crippen LogP contribution in [-0.2, 0) is 11.2 Å². The molecule has 1 amide bonds. The van der Waals surface area contributed by atoms with E-state index in [2.05, 4.69) is 34.2 Å². The summed E-state index contributed by atoms with van der Waals surface area (Å²) < 4.78 is 5.40. The monoisotopic (exact) mass is 334 g/mol. The topological polar surface area (TPSA) is 72.1 Å². The Morgan fingerprint density at radius 1 is 1.24 bits per heavy atom. The molecule has 1 atom stereocenters. The number of hydrogen-bond donors (Lipinski definition) is 0. The molecule has 1 aliphatic rings. The first-order valence-corrected chi connectivity index (χ1v) is 8.38. The zero-order valence-corrected chi connectivity index (χ0v) is 13.9. The fourth-order valence-electron chi connectivity index (χ4n) is 3.05. The molecule has 126 valence electrons. The highest BCUT2D eigenvalue weighted by molar-refractivity contribution is 5.96. The van der Waals surface area contributed by atoms with E-state index < -0.39 is 0 Å². The minimum atomic E-state index is -0.0868. The Bertz CT molecular complexity index is 874. The summed E-state index contributed by atoms with van der Waals surface area (Å²) in [5.41, 5.74) is 2.97. The van der Waals surface area contributed by atoms with Crippen LogP contribution in [0.15, 0.2) is 53.3 Å². The summed E-state index contributed by atoms with van der Waals surface area (Å²) >= 11 is 0.